The summed E-state index contributed by atoms with van der Waals surface area (Å²) in [5.74, 6) is -1.40. The van der Waals surface area contributed by atoms with Gasteiger partial charge in [-0.05, 0) is 18.6 Å². The molecule has 1 aromatic carbocycles. The van der Waals surface area contributed by atoms with E-state index in [9.17, 15) is 14.4 Å². The van der Waals surface area contributed by atoms with Crippen molar-refractivity contribution in [2.45, 2.75) is 50.1 Å². The van der Waals surface area contributed by atoms with Gasteiger partial charge >= 0.3 is 5.97 Å². The maximum absolute atomic E-state index is 15.3. The number of carbonyl (C=O) groups is 2. The normalized spacial score (nSPS) is 22.6. The molecule has 1 aliphatic rings. The monoisotopic (exact) mass is 474 g/mol. The van der Waals surface area contributed by atoms with Crippen molar-refractivity contribution in [3.05, 3.63) is 46.2 Å². The number of esters is 1. The minimum Gasteiger partial charge on any atom is -0.452 e. The summed E-state index contributed by atoms with van der Waals surface area (Å²) >= 11 is 1.24. The van der Waals surface area contributed by atoms with Crippen LogP contribution >= 0.6 is 11.8 Å². The lowest BCUT2D eigenvalue weighted by Gasteiger charge is -2.21. The predicted octanol–water partition coefficient (Wildman–Crippen LogP) is 2.70. The number of halogens is 1. The van der Waals surface area contributed by atoms with Crippen LogP contribution in [0.3, 0.4) is 0 Å². The molecule has 1 fully saturated rings. The number of carbonyl (C=O) groups excluding carboxylic acids is 2. The minimum absolute atomic E-state index is 0.0556. The second-order valence-electron chi connectivity index (χ2n) is 7.92. The lowest BCUT2D eigenvalue weighted by atomic mass is 10.1. The number of benzene rings is 1. The highest BCUT2D eigenvalue weighted by atomic mass is 32.2. The van der Waals surface area contributed by atoms with E-state index in [1.807, 2.05) is 6.92 Å². The van der Waals surface area contributed by atoms with Crippen molar-refractivity contribution in [1.29, 1.82) is 0 Å². The largest absolute Gasteiger partial charge is 0.452 e. The van der Waals surface area contributed by atoms with E-state index in [1.54, 1.807) is 44.2 Å². The SMILES string of the molecule is CC[C@H]1S[C@@H](n2nnc3c(=O)[nH]c(NC(=O)C(C)C)nc32)[C@@H](OC(=O)c2ccccc2)C1F. The van der Waals surface area contributed by atoms with Crippen LogP contribution in [-0.2, 0) is 9.53 Å². The molecule has 0 radical (unpaired) electrons. The van der Waals surface area contributed by atoms with Gasteiger partial charge in [0.2, 0.25) is 11.9 Å². The molecule has 1 aliphatic heterocycles. The average Bonchev–Trinajstić information content (AvgIpc) is 3.35. The predicted molar refractivity (Wildman–Crippen MR) is 121 cm³/mol. The topological polar surface area (TPSA) is 132 Å². The quantitative estimate of drug-likeness (QED) is 0.521. The van der Waals surface area contributed by atoms with Crippen molar-refractivity contribution in [2.24, 2.45) is 5.92 Å². The number of fused-ring (bicyclic) bond motifs is 1. The van der Waals surface area contributed by atoms with Gasteiger partial charge in [-0.1, -0.05) is 44.2 Å². The van der Waals surface area contributed by atoms with E-state index in [2.05, 4.69) is 25.6 Å². The molecule has 1 amide bonds. The zero-order valence-corrected chi connectivity index (χ0v) is 19.0. The third-order valence-corrected chi connectivity index (χ3v) is 6.95. The molecule has 4 atom stereocenters. The van der Waals surface area contributed by atoms with Crippen molar-refractivity contribution >= 4 is 40.8 Å². The van der Waals surface area contributed by atoms with Gasteiger partial charge in [0.15, 0.2) is 23.4 Å². The molecule has 10 nitrogen and oxygen atoms in total. The molecule has 2 N–H and O–H groups in total. The molecular formula is C21H23FN6O4S. The fraction of sp³-hybridized carbons (Fsp3) is 0.429. The Kier molecular flexibility index (Phi) is 6.45. The maximum Gasteiger partial charge on any atom is 0.338 e. The molecule has 33 heavy (non-hydrogen) atoms. The van der Waals surface area contributed by atoms with Gasteiger partial charge in [0, 0.05) is 11.2 Å². The van der Waals surface area contributed by atoms with Crippen LogP contribution in [0.25, 0.3) is 11.2 Å². The first kappa shape index (κ1) is 22.9. The minimum atomic E-state index is -1.46. The number of anilines is 1. The summed E-state index contributed by atoms with van der Waals surface area (Å²) in [4.78, 5) is 43.9. The summed E-state index contributed by atoms with van der Waals surface area (Å²) in [6.45, 7) is 5.24. The van der Waals surface area contributed by atoms with Gasteiger partial charge in [-0.3, -0.25) is 19.9 Å². The Morgan fingerprint density at radius 1 is 1.30 bits per heavy atom. The fourth-order valence-corrected chi connectivity index (χ4v) is 4.91. The Bertz CT molecular complexity index is 1230. The number of thioether (sulfide) groups is 1. The second-order valence-corrected chi connectivity index (χ2v) is 9.28. The van der Waals surface area contributed by atoms with Gasteiger partial charge < -0.3 is 4.74 Å². The highest BCUT2D eigenvalue weighted by Gasteiger charge is 2.48. The number of aromatic nitrogens is 5. The standard InChI is InChI=1S/C21H23FN6O4S/c1-4-12-13(22)15(32-20(31)11-8-6-5-7-9-11)19(33-12)28-16-14(26-27-28)18(30)25-21(23-16)24-17(29)10(2)3/h5-10,12-13,15,19H,4H2,1-3H3,(H2,23,24,25,29,30)/t12-,13?,15+,19-/m1/s1. The summed E-state index contributed by atoms with van der Waals surface area (Å²) in [7, 11) is 0. The summed E-state index contributed by atoms with van der Waals surface area (Å²) < 4.78 is 22.1. The summed E-state index contributed by atoms with van der Waals surface area (Å²) in [6.07, 6.45) is -2.13. The molecule has 3 heterocycles. The average molecular weight is 475 g/mol. The van der Waals surface area contributed by atoms with E-state index in [-0.39, 0.29) is 28.9 Å². The van der Waals surface area contributed by atoms with Crippen molar-refractivity contribution in [3.63, 3.8) is 0 Å². The number of hydrogen-bond acceptors (Lipinski definition) is 8. The van der Waals surface area contributed by atoms with E-state index in [0.717, 1.165) is 0 Å². The summed E-state index contributed by atoms with van der Waals surface area (Å²) in [5, 5.41) is 9.18. The molecule has 3 aromatic rings. The van der Waals surface area contributed by atoms with Crippen LogP contribution in [0.15, 0.2) is 35.1 Å². The first-order chi connectivity index (χ1) is 15.8. The van der Waals surface area contributed by atoms with Gasteiger partial charge in [-0.25, -0.2) is 13.9 Å². The third-order valence-electron chi connectivity index (χ3n) is 5.26. The van der Waals surface area contributed by atoms with Gasteiger partial charge in [-0.15, -0.1) is 16.9 Å². The van der Waals surface area contributed by atoms with Gasteiger partial charge in [0.05, 0.1) is 5.56 Å². The van der Waals surface area contributed by atoms with Crippen LogP contribution in [-0.4, -0.2) is 54.4 Å². The van der Waals surface area contributed by atoms with E-state index < -0.39 is 34.4 Å². The maximum atomic E-state index is 15.3. The Hall–Kier alpha value is -3.28. The van der Waals surface area contributed by atoms with E-state index in [4.69, 9.17) is 4.74 Å². The van der Waals surface area contributed by atoms with Crippen LogP contribution < -0.4 is 10.9 Å². The van der Waals surface area contributed by atoms with Crippen molar-refractivity contribution in [2.75, 3.05) is 5.32 Å². The molecule has 2 aromatic heterocycles. The molecule has 0 saturated carbocycles. The smallest absolute Gasteiger partial charge is 0.338 e. The Labute approximate surface area is 192 Å². The number of ether oxygens (including phenoxy) is 1. The van der Waals surface area contributed by atoms with Crippen molar-refractivity contribution < 1.29 is 18.7 Å². The summed E-state index contributed by atoms with van der Waals surface area (Å²) in [5.41, 5.74) is -0.318. The Morgan fingerprint density at radius 2 is 2.03 bits per heavy atom. The Morgan fingerprint density at radius 3 is 2.70 bits per heavy atom. The van der Waals surface area contributed by atoms with Gasteiger partial charge in [0.1, 0.15) is 5.37 Å². The van der Waals surface area contributed by atoms with Crippen LogP contribution in [0.1, 0.15) is 42.9 Å². The number of nitrogens with zero attached hydrogens (tertiary/aromatic N) is 4. The van der Waals surface area contributed by atoms with E-state index >= 15 is 4.39 Å². The fourth-order valence-electron chi connectivity index (χ4n) is 3.44. The highest BCUT2D eigenvalue weighted by molar-refractivity contribution is 8.00. The van der Waals surface area contributed by atoms with Crippen LogP contribution in [0, 0.1) is 5.92 Å². The number of hydrogen-bond donors (Lipinski definition) is 2. The number of aromatic amines is 1. The lowest BCUT2D eigenvalue weighted by Crippen LogP contribution is -2.33. The van der Waals surface area contributed by atoms with E-state index in [0.29, 0.717) is 12.0 Å². The molecule has 1 unspecified atom stereocenters. The Balaban J connectivity index is 1.71. The lowest BCUT2D eigenvalue weighted by molar-refractivity contribution is -0.118. The number of alkyl halides is 1. The zero-order chi connectivity index (χ0) is 23.7. The van der Waals surface area contributed by atoms with E-state index in [1.165, 1.54) is 16.4 Å². The summed E-state index contributed by atoms with van der Waals surface area (Å²) in [6, 6.07) is 8.30. The second kappa shape index (κ2) is 9.30. The number of amides is 1. The number of nitrogens with one attached hydrogen (secondary N) is 2. The molecule has 0 spiro atoms. The molecule has 0 aliphatic carbocycles. The third kappa shape index (κ3) is 4.47. The highest BCUT2D eigenvalue weighted by Crippen LogP contribution is 2.46. The molecule has 174 valence electrons. The zero-order valence-electron chi connectivity index (χ0n) is 18.2. The van der Waals surface area contributed by atoms with Gasteiger partial charge in [0.25, 0.3) is 5.56 Å². The number of rotatable bonds is 6. The first-order valence-electron chi connectivity index (χ1n) is 10.5. The number of H-pyrrole nitrogens is 1. The molecule has 12 heteroatoms. The van der Waals surface area contributed by atoms with Crippen LogP contribution in [0.4, 0.5) is 10.3 Å². The van der Waals surface area contributed by atoms with Gasteiger partial charge in [-0.2, -0.15) is 4.98 Å². The molecule has 1 saturated heterocycles. The van der Waals surface area contributed by atoms with Crippen LogP contribution in [0.5, 0.6) is 0 Å². The molecule has 4 rings (SSSR count). The van der Waals surface area contributed by atoms with Crippen molar-refractivity contribution in [1.82, 2.24) is 25.0 Å². The van der Waals surface area contributed by atoms with Crippen molar-refractivity contribution in [3.8, 4) is 0 Å². The molecular weight excluding hydrogens is 451 g/mol. The van der Waals surface area contributed by atoms with Crippen LogP contribution in [0.2, 0.25) is 0 Å². The first-order valence-corrected chi connectivity index (χ1v) is 11.5. The molecule has 0 bridgehead atoms.